The number of carboxylic acid groups (broad SMARTS) is 1. The predicted molar refractivity (Wildman–Crippen MR) is 232 cm³/mol. The Morgan fingerprint density at radius 2 is 0.721 bits per heavy atom. The summed E-state index contributed by atoms with van der Waals surface area (Å²) in [6.07, 6.45) is 0.536. The standard InChI is InChI=1S/C33H65N19O8S/c1-16(47-25(55)18(34)15-61)23(53)49-20(8-4-12-44-31(37)38)27(57)51-21(9-5-13-45-32(39)40)28(58)50-19(7-3-11-43-30(35)36)26(56)48-17(2)24(54)52-22(29(59)60)10-6-14-46-33(41)42/h16-22,61H,3-15,34H2,1-2H3,(H,47,55)(H,48,56)(H,49,53)(H,50,58)(H,51,57)(H,52,54)(H,59,60)(H4,35,36,43)(H4,37,38,44)(H4,39,40,45)(H4,41,42,46)/t16-,17-,18-,19-,20-,21-,22-/m0/s1. The number of hydrogen-bond donors (Lipinski definition) is 17. The Labute approximate surface area is 358 Å². The normalized spacial score (nSPS) is 14.0. The van der Waals surface area contributed by atoms with Crippen molar-refractivity contribution in [2.24, 2.45) is 71.6 Å². The summed E-state index contributed by atoms with van der Waals surface area (Å²) in [4.78, 5) is 107. The predicted octanol–water partition coefficient (Wildman–Crippen LogP) is -7.51. The van der Waals surface area contributed by atoms with Crippen LogP contribution in [0.3, 0.4) is 0 Å². The van der Waals surface area contributed by atoms with Gasteiger partial charge in [0.15, 0.2) is 23.8 Å². The van der Waals surface area contributed by atoms with Crippen LogP contribution in [0.1, 0.15) is 65.2 Å². The molecule has 0 heterocycles. The first-order valence-electron chi connectivity index (χ1n) is 19.2. The fourth-order valence-corrected chi connectivity index (χ4v) is 5.23. The molecular weight excluding hydrogens is 823 g/mol. The van der Waals surface area contributed by atoms with Gasteiger partial charge in [-0.25, -0.2) is 4.79 Å². The number of aliphatic imine (C=N–C) groups is 4. The SMILES string of the molecule is C[C@H](NC(=O)[C@H](CCCN=C(N)N)NC(=O)[C@H](CCCN=C(N)N)NC(=O)[C@H](CCCN=C(N)N)NC(=O)[C@H](C)NC(=O)[C@@H](N)CS)C(=O)N[C@@H](CCCN=C(N)N)C(=O)O. The summed E-state index contributed by atoms with van der Waals surface area (Å²) in [6.45, 7) is 2.98. The highest BCUT2D eigenvalue weighted by Crippen LogP contribution is 2.08. The van der Waals surface area contributed by atoms with Crippen molar-refractivity contribution < 1.29 is 38.7 Å². The Bertz CT molecular complexity index is 1580. The van der Waals surface area contributed by atoms with Gasteiger partial charge in [0.05, 0.1) is 6.04 Å². The molecule has 0 aliphatic carbocycles. The number of guanidine groups is 4. The molecule has 0 aliphatic heterocycles. The number of nitrogens with two attached hydrogens (primary N) is 9. The number of thiol groups is 1. The molecule has 0 rings (SSSR count). The monoisotopic (exact) mass is 887 g/mol. The molecule has 0 aromatic carbocycles. The minimum atomic E-state index is -1.35. The summed E-state index contributed by atoms with van der Waals surface area (Å²) >= 11 is 3.98. The molecule has 0 spiro atoms. The first-order chi connectivity index (χ1) is 28.6. The van der Waals surface area contributed by atoms with Crippen molar-refractivity contribution in [3.05, 3.63) is 0 Å². The zero-order valence-electron chi connectivity index (χ0n) is 34.5. The van der Waals surface area contributed by atoms with Crippen molar-refractivity contribution in [2.75, 3.05) is 31.9 Å². The molecule has 61 heavy (non-hydrogen) atoms. The van der Waals surface area contributed by atoms with Gasteiger partial charge in [-0.05, 0) is 65.2 Å². The lowest BCUT2D eigenvalue weighted by atomic mass is 10.0. The lowest BCUT2D eigenvalue weighted by molar-refractivity contribution is -0.142. The lowest BCUT2D eigenvalue weighted by Crippen LogP contribution is -2.59. The number of hydrogen-bond acceptors (Lipinski definition) is 13. The van der Waals surface area contributed by atoms with Crippen LogP contribution in [-0.2, 0) is 33.6 Å². The van der Waals surface area contributed by atoms with Gasteiger partial charge in [0, 0.05) is 31.9 Å². The van der Waals surface area contributed by atoms with Gasteiger partial charge in [-0.3, -0.25) is 48.7 Å². The van der Waals surface area contributed by atoms with Crippen molar-refractivity contribution in [2.45, 2.75) is 108 Å². The Morgan fingerprint density at radius 1 is 0.459 bits per heavy atom. The zero-order chi connectivity index (χ0) is 46.7. The van der Waals surface area contributed by atoms with Gasteiger partial charge >= 0.3 is 5.97 Å². The van der Waals surface area contributed by atoms with Crippen LogP contribution < -0.4 is 83.5 Å². The number of amides is 6. The summed E-state index contributed by atoms with van der Waals surface area (Å²) in [5, 5.41) is 24.6. The smallest absolute Gasteiger partial charge is 0.326 e. The first-order valence-corrected chi connectivity index (χ1v) is 19.9. The highest BCUT2D eigenvalue weighted by Gasteiger charge is 2.32. The second-order valence-electron chi connectivity index (χ2n) is 13.6. The highest BCUT2D eigenvalue weighted by atomic mass is 32.1. The average molecular weight is 888 g/mol. The summed E-state index contributed by atoms with van der Waals surface area (Å²) in [6, 6.07) is -8.75. The van der Waals surface area contributed by atoms with Crippen LogP contribution >= 0.6 is 12.6 Å². The first kappa shape index (κ1) is 54.7. The molecule has 0 aromatic rings. The Morgan fingerprint density at radius 3 is 1.02 bits per heavy atom. The molecule has 0 radical (unpaired) electrons. The molecule has 28 heteroatoms. The van der Waals surface area contributed by atoms with Gasteiger partial charge in [0.2, 0.25) is 35.4 Å². The molecule has 0 unspecified atom stereocenters. The van der Waals surface area contributed by atoms with Crippen molar-refractivity contribution in [1.29, 1.82) is 0 Å². The number of nitrogens with one attached hydrogen (secondary N) is 6. The van der Waals surface area contributed by atoms with E-state index in [1.165, 1.54) is 13.8 Å². The molecule has 6 amide bonds. The number of carbonyl (C=O) groups is 7. The molecule has 27 nitrogen and oxygen atoms in total. The van der Waals surface area contributed by atoms with Crippen LogP contribution in [-0.4, -0.2) is 145 Å². The van der Waals surface area contributed by atoms with E-state index in [1.54, 1.807) is 0 Å². The number of rotatable bonds is 30. The van der Waals surface area contributed by atoms with Crippen LogP contribution in [0.5, 0.6) is 0 Å². The molecule has 25 N–H and O–H groups in total. The summed E-state index contributed by atoms with van der Waals surface area (Å²) in [5.41, 5.74) is 48.8. The molecule has 0 saturated heterocycles. The fraction of sp³-hybridized carbons (Fsp3) is 0.667. The van der Waals surface area contributed by atoms with Crippen molar-refractivity contribution in [3.8, 4) is 0 Å². The van der Waals surface area contributed by atoms with Crippen LogP contribution in [0.4, 0.5) is 0 Å². The maximum absolute atomic E-state index is 13.9. The lowest BCUT2D eigenvalue weighted by Gasteiger charge is -2.27. The summed E-state index contributed by atoms with van der Waals surface area (Å²) < 4.78 is 0. The van der Waals surface area contributed by atoms with Crippen LogP contribution in [0, 0.1) is 0 Å². The number of aliphatic carboxylic acids is 1. The third-order valence-corrected chi connectivity index (χ3v) is 8.73. The van der Waals surface area contributed by atoms with E-state index >= 15 is 0 Å². The van der Waals surface area contributed by atoms with E-state index in [0.717, 1.165) is 0 Å². The van der Waals surface area contributed by atoms with E-state index in [2.05, 4.69) is 64.5 Å². The fourth-order valence-electron chi connectivity index (χ4n) is 5.06. The maximum Gasteiger partial charge on any atom is 0.326 e. The van der Waals surface area contributed by atoms with Gasteiger partial charge in [0.1, 0.15) is 36.3 Å². The Hall–Kier alpha value is -6.32. The molecule has 0 bridgehead atoms. The zero-order valence-corrected chi connectivity index (χ0v) is 35.4. The van der Waals surface area contributed by atoms with E-state index in [4.69, 9.17) is 51.6 Å². The topological polar surface area (TPSA) is 496 Å². The maximum atomic E-state index is 13.9. The van der Waals surface area contributed by atoms with Crippen molar-refractivity contribution >= 4 is 77.9 Å². The minimum absolute atomic E-state index is 0.00658. The van der Waals surface area contributed by atoms with Crippen LogP contribution in [0.15, 0.2) is 20.0 Å². The molecule has 7 atom stereocenters. The quantitative estimate of drug-likeness (QED) is 0.0138. The molecule has 0 fully saturated rings. The van der Waals surface area contributed by atoms with Crippen LogP contribution in [0.2, 0.25) is 0 Å². The third kappa shape index (κ3) is 25.0. The van der Waals surface area contributed by atoms with Gasteiger partial charge in [-0.2, -0.15) is 12.6 Å². The molecule has 0 aromatic heterocycles. The molecule has 346 valence electrons. The minimum Gasteiger partial charge on any atom is -0.480 e. The van der Waals surface area contributed by atoms with Gasteiger partial charge in [-0.15, -0.1) is 0 Å². The number of carbonyl (C=O) groups excluding carboxylic acids is 6. The number of nitrogens with zero attached hydrogens (tertiary/aromatic N) is 4. The van der Waals surface area contributed by atoms with E-state index in [9.17, 15) is 38.7 Å². The average Bonchev–Trinajstić information content (AvgIpc) is 3.17. The largest absolute Gasteiger partial charge is 0.480 e. The second-order valence-corrected chi connectivity index (χ2v) is 14.0. The van der Waals surface area contributed by atoms with Gasteiger partial charge in [-0.1, -0.05) is 0 Å². The van der Waals surface area contributed by atoms with Crippen molar-refractivity contribution in [3.63, 3.8) is 0 Å². The van der Waals surface area contributed by atoms with Crippen LogP contribution in [0.25, 0.3) is 0 Å². The second kappa shape index (κ2) is 29.8. The van der Waals surface area contributed by atoms with Gasteiger partial charge < -0.3 is 88.6 Å². The summed E-state index contributed by atoms with van der Waals surface area (Å²) in [5.74, 6) is -6.92. The van der Waals surface area contributed by atoms with Gasteiger partial charge in [0.25, 0.3) is 0 Å². The Balaban J connectivity index is 6.42. The summed E-state index contributed by atoms with van der Waals surface area (Å²) in [7, 11) is 0. The number of carboxylic acids is 1. The molecule has 0 aliphatic rings. The Kier molecular flexibility index (Phi) is 26.7. The van der Waals surface area contributed by atoms with E-state index < -0.39 is 83.7 Å². The highest BCUT2D eigenvalue weighted by molar-refractivity contribution is 7.80. The molecular formula is C33H65N19O8S. The van der Waals surface area contributed by atoms with E-state index in [-0.39, 0.29) is 107 Å². The van der Waals surface area contributed by atoms with E-state index in [0.29, 0.717) is 0 Å². The van der Waals surface area contributed by atoms with Crippen molar-refractivity contribution in [1.82, 2.24) is 31.9 Å². The van der Waals surface area contributed by atoms with E-state index in [1.807, 2.05) is 0 Å². The third-order valence-electron chi connectivity index (χ3n) is 8.33. The molecule has 0 saturated carbocycles.